The summed E-state index contributed by atoms with van der Waals surface area (Å²) in [4.78, 5) is 6.54. The Morgan fingerprint density at radius 1 is 1.23 bits per heavy atom. The minimum Gasteiger partial charge on any atom is -0.356 e. The lowest BCUT2D eigenvalue weighted by Crippen LogP contribution is -2.44. The highest BCUT2D eigenvalue weighted by molar-refractivity contribution is 5.80. The zero-order valence-electron chi connectivity index (χ0n) is 17.4. The number of benzene rings is 1. The third-order valence-electron chi connectivity index (χ3n) is 5.22. The molecule has 0 bridgehead atoms. The van der Waals surface area contributed by atoms with Crippen LogP contribution in [0.1, 0.15) is 29.5 Å². The van der Waals surface area contributed by atoms with Gasteiger partial charge in [0.1, 0.15) is 0 Å². The van der Waals surface area contributed by atoms with Gasteiger partial charge in [-0.15, -0.1) is 0 Å². The molecule has 9 heteroatoms. The third-order valence-corrected chi connectivity index (χ3v) is 5.22. The number of hydrogen-bond donors (Lipinski definition) is 2. The molecule has 0 aliphatic carbocycles. The van der Waals surface area contributed by atoms with E-state index in [9.17, 15) is 13.2 Å². The molecule has 6 nitrogen and oxygen atoms in total. The lowest BCUT2D eigenvalue weighted by atomic mass is 10.1. The molecule has 1 unspecified atom stereocenters. The van der Waals surface area contributed by atoms with Gasteiger partial charge in [-0.05, 0) is 42.5 Å². The number of likely N-dealkylation sites (tertiary alicyclic amines) is 1. The van der Waals surface area contributed by atoms with E-state index in [1.807, 2.05) is 19.4 Å². The zero-order valence-corrected chi connectivity index (χ0v) is 17.4. The van der Waals surface area contributed by atoms with Gasteiger partial charge in [0.25, 0.3) is 0 Å². The molecule has 2 N–H and O–H groups in total. The molecule has 1 aliphatic rings. The SMILES string of the molecule is CN=C(NCCCc1cnn(C)c1)NC1CCN(Cc2ccc(C(F)(F)F)cc2)C1. The number of aryl methyl sites for hydroxylation is 2. The summed E-state index contributed by atoms with van der Waals surface area (Å²) in [7, 11) is 3.67. The summed E-state index contributed by atoms with van der Waals surface area (Å²) in [6, 6.07) is 5.69. The zero-order chi connectivity index (χ0) is 21.6. The van der Waals surface area contributed by atoms with E-state index < -0.39 is 11.7 Å². The van der Waals surface area contributed by atoms with Crippen LogP contribution in [0.15, 0.2) is 41.7 Å². The molecule has 164 valence electrons. The summed E-state index contributed by atoms with van der Waals surface area (Å²) in [6.45, 7) is 3.19. The molecule has 0 saturated carbocycles. The van der Waals surface area contributed by atoms with Gasteiger partial charge in [-0.1, -0.05) is 12.1 Å². The van der Waals surface area contributed by atoms with Crippen LogP contribution in [0, 0.1) is 0 Å². The molecule has 1 fully saturated rings. The minimum atomic E-state index is -4.29. The topological polar surface area (TPSA) is 57.5 Å². The second-order valence-corrected chi connectivity index (χ2v) is 7.68. The lowest BCUT2D eigenvalue weighted by molar-refractivity contribution is -0.137. The largest absolute Gasteiger partial charge is 0.416 e. The first-order valence-electron chi connectivity index (χ1n) is 10.2. The van der Waals surface area contributed by atoms with Crippen LogP contribution in [-0.2, 0) is 26.2 Å². The fourth-order valence-electron chi connectivity index (χ4n) is 3.64. The highest BCUT2D eigenvalue weighted by atomic mass is 19.4. The van der Waals surface area contributed by atoms with Gasteiger partial charge in [0.05, 0.1) is 11.8 Å². The smallest absolute Gasteiger partial charge is 0.356 e. The molecule has 1 atom stereocenters. The van der Waals surface area contributed by atoms with Crippen LogP contribution in [0.25, 0.3) is 0 Å². The molecule has 1 aromatic carbocycles. The Balaban J connectivity index is 1.38. The van der Waals surface area contributed by atoms with E-state index in [-0.39, 0.29) is 6.04 Å². The first-order chi connectivity index (χ1) is 14.3. The fourth-order valence-corrected chi connectivity index (χ4v) is 3.64. The van der Waals surface area contributed by atoms with E-state index in [2.05, 4.69) is 25.6 Å². The molecule has 0 amide bonds. The van der Waals surface area contributed by atoms with Gasteiger partial charge < -0.3 is 10.6 Å². The summed E-state index contributed by atoms with van der Waals surface area (Å²) in [5.41, 5.74) is 1.50. The van der Waals surface area contributed by atoms with Crippen LogP contribution in [0.4, 0.5) is 13.2 Å². The van der Waals surface area contributed by atoms with Crippen molar-refractivity contribution in [3.8, 4) is 0 Å². The summed E-state index contributed by atoms with van der Waals surface area (Å²) in [6.07, 6.45) is 2.53. The van der Waals surface area contributed by atoms with Gasteiger partial charge in [-0.3, -0.25) is 14.6 Å². The van der Waals surface area contributed by atoms with Crippen molar-refractivity contribution in [1.82, 2.24) is 25.3 Å². The second kappa shape index (κ2) is 9.97. The Bertz CT molecular complexity index is 828. The normalized spacial score (nSPS) is 18.0. The Morgan fingerprint density at radius 3 is 2.63 bits per heavy atom. The number of alkyl halides is 3. The molecular formula is C21H29F3N6. The number of aliphatic imine (C=N–C) groups is 1. The molecule has 2 heterocycles. The van der Waals surface area contributed by atoms with Crippen molar-refractivity contribution in [2.45, 2.75) is 38.0 Å². The van der Waals surface area contributed by atoms with Gasteiger partial charge >= 0.3 is 6.18 Å². The first-order valence-corrected chi connectivity index (χ1v) is 10.2. The van der Waals surface area contributed by atoms with E-state index >= 15 is 0 Å². The first kappa shape index (κ1) is 22.1. The van der Waals surface area contributed by atoms with E-state index in [0.717, 1.165) is 62.6 Å². The molecule has 2 aromatic rings. The average molecular weight is 422 g/mol. The van der Waals surface area contributed by atoms with Gasteiger partial charge in [0.2, 0.25) is 0 Å². The fraction of sp³-hybridized carbons (Fsp3) is 0.524. The van der Waals surface area contributed by atoms with Crippen molar-refractivity contribution in [2.75, 3.05) is 26.7 Å². The number of hydrogen-bond acceptors (Lipinski definition) is 3. The quantitative estimate of drug-likeness (QED) is 0.409. The van der Waals surface area contributed by atoms with Gasteiger partial charge in [0, 0.05) is 52.5 Å². The van der Waals surface area contributed by atoms with Crippen LogP contribution in [0.2, 0.25) is 0 Å². The maximum absolute atomic E-state index is 12.7. The number of rotatable bonds is 7. The Labute approximate surface area is 175 Å². The van der Waals surface area contributed by atoms with Crippen LogP contribution in [0.5, 0.6) is 0 Å². The highest BCUT2D eigenvalue weighted by Crippen LogP contribution is 2.29. The number of aromatic nitrogens is 2. The van der Waals surface area contributed by atoms with E-state index in [1.54, 1.807) is 23.9 Å². The number of halogens is 3. The molecule has 0 radical (unpaired) electrons. The van der Waals surface area contributed by atoms with Crippen molar-refractivity contribution >= 4 is 5.96 Å². The van der Waals surface area contributed by atoms with Gasteiger partial charge in [-0.2, -0.15) is 18.3 Å². The van der Waals surface area contributed by atoms with Crippen molar-refractivity contribution in [1.29, 1.82) is 0 Å². The van der Waals surface area contributed by atoms with Crippen LogP contribution in [0.3, 0.4) is 0 Å². The highest BCUT2D eigenvalue weighted by Gasteiger charge is 2.30. The van der Waals surface area contributed by atoms with Crippen molar-refractivity contribution in [2.24, 2.45) is 12.0 Å². The van der Waals surface area contributed by atoms with Crippen molar-refractivity contribution in [3.05, 3.63) is 53.3 Å². The monoisotopic (exact) mass is 422 g/mol. The summed E-state index contributed by atoms with van der Waals surface area (Å²) >= 11 is 0. The predicted octanol–water partition coefficient (Wildman–Crippen LogP) is 2.81. The molecule has 0 spiro atoms. The predicted molar refractivity (Wildman–Crippen MR) is 111 cm³/mol. The van der Waals surface area contributed by atoms with E-state index in [0.29, 0.717) is 6.54 Å². The third kappa shape index (κ3) is 6.48. The van der Waals surface area contributed by atoms with Crippen LogP contribution >= 0.6 is 0 Å². The van der Waals surface area contributed by atoms with Gasteiger partial charge in [0.15, 0.2) is 5.96 Å². The number of guanidine groups is 1. The molecule has 3 rings (SSSR count). The maximum Gasteiger partial charge on any atom is 0.416 e. The van der Waals surface area contributed by atoms with E-state index in [1.165, 1.54) is 5.56 Å². The number of nitrogens with one attached hydrogen (secondary N) is 2. The summed E-state index contributed by atoms with van der Waals surface area (Å²) in [5, 5.41) is 11.0. The second-order valence-electron chi connectivity index (χ2n) is 7.68. The Kier molecular flexibility index (Phi) is 7.36. The molecular weight excluding hydrogens is 393 g/mol. The molecule has 1 saturated heterocycles. The molecule has 30 heavy (non-hydrogen) atoms. The summed E-state index contributed by atoms with van der Waals surface area (Å²) < 4.78 is 39.9. The Hall–Kier alpha value is -2.55. The number of nitrogens with zero attached hydrogens (tertiary/aromatic N) is 4. The molecule has 1 aliphatic heterocycles. The van der Waals surface area contributed by atoms with Crippen molar-refractivity contribution in [3.63, 3.8) is 0 Å². The maximum atomic E-state index is 12.7. The standard InChI is InChI=1S/C21H29F3N6/c1-25-20(26-10-3-4-17-12-27-29(2)13-17)28-19-9-11-30(15-19)14-16-5-7-18(8-6-16)21(22,23)24/h5-8,12-13,19H,3-4,9-11,14-15H2,1-2H3,(H2,25,26,28). The lowest BCUT2D eigenvalue weighted by Gasteiger charge is -2.19. The minimum absolute atomic E-state index is 0.268. The summed E-state index contributed by atoms with van der Waals surface area (Å²) in [5.74, 6) is 0.780. The average Bonchev–Trinajstić information content (AvgIpc) is 3.32. The van der Waals surface area contributed by atoms with Crippen LogP contribution < -0.4 is 10.6 Å². The van der Waals surface area contributed by atoms with Crippen LogP contribution in [-0.4, -0.2) is 53.4 Å². The van der Waals surface area contributed by atoms with E-state index in [4.69, 9.17) is 0 Å². The Morgan fingerprint density at radius 2 is 2.00 bits per heavy atom. The molecule has 1 aromatic heterocycles. The van der Waals surface area contributed by atoms with Crippen molar-refractivity contribution < 1.29 is 13.2 Å². The van der Waals surface area contributed by atoms with Gasteiger partial charge in [-0.25, -0.2) is 0 Å².